The molecule has 1 aliphatic heterocycles. The minimum atomic E-state index is -0.179. The van der Waals surface area contributed by atoms with Gasteiger partial charge in [-0.25, -0.2) is 0 Å². The van der Waals surface area contributed by atoms with Crippen LogP contribution >= 0.6 is 0 Å². The fraction of sp³-hybridized carbons (Fsp3) is 0.562. The van der Waals surface area contributed by atoms with Gasteiger partial charge in [-0.1, -0.05) is 0 Å². The van der Waals surface area contributed by atoms with Crippen molar-refractivity contribution in [2.24, 2.45) is 0 Å². The predicted octanol–water partition coefficient (Wildman–Crippen LogP) is 2.02. The first kappa shape index (κ1) is 15.6. The summed E-state index contributed by atoms with van der Waals surface area (Å²) in [7, 11) is 1.74. The highest BCUT2D eigenvalue weighted by Crippen LogP contribution is 2.31. The van der Waals surface area contributed by atoms with Crippen molar-refractivity contribution in [3.63, 3.8) is 0 Å². The lowest BCUT2D eigenvalue weighted by atomic mass is 9.93. The number of nitrogens with zero attached hydrogens (tertiary/aromatic N) is 1. The van der Waals surface area contributed by atoms with Crippen molar-refractivity contribution in [1.29, 1.82) is 0 Å². The molecule has 1 heterocycles. The average Bonchev–Trinajstić information content (AvgIpc) is 2.47. The Morgan fingerprint density at radius 2 is 2.29 bits per heavy atom. The number of carbonyl (C=O) groups is 1. The summed E-state index contributed by atoms with van der Waals surface area (Å²) in [5.74, 6) is -0.0582. The molecule has 2 rings (SSSR count). The highest BCUT2D eigenvalue weighted by molar-refractivity contribution is 6.00. The van der Waals surface area contributed by atoms with E-state index in [-0.39, 0.29) is 11.5 Å². The van der Waals surface area contributed by atoms with E-state index in [0.717, 1.165) is 31.6 Å². The van der Waals surface area contributed by atoms with Crippen molar-refractivity contribution in [2.45, 2.75) is 32.3 Å². The van der Waals surface area contributed by atoms with Crippen molar-refractivity contribution in [1.82, 2.24) is 5.32 Å². The van der Waals surface area contributed by atoms with Gasteiger partial charge >= 0.3 is 0 Å². The minimum Gasteiger partial charge on any atom is -0.399 e. The highest BCUT2D eigenvalue weighted by Gasteiger charge is 2.32. The molecule has 5 heteroatoms. The van der Waals surface area contributed by atoms with Gasteiger partial charge in [-0.05, 0) is 44.9 Å². The molecule has 1 aromatic rings. The van der Waals surface area contributed by atoms with Gasteiger partial charge in [0.25, 0.3) is 5.91 Å². The topological polar surface area (TPSA) is 67.6 Å². The molecule has 1 saturated heterocycles. The zero-order valence-corrected chi connectivity index (χ0v) is 13.1. The smallest absolute Gasteiger partial charge is 0.253 e. The van der Waals surface area contributed by atoms with Gasteiger partial charge in [0.05, 0.1) is 16.9 Å². The molecule has 1 aromatic carbocycles. The standard InChI is InChI=1S/C16H25N3O2/c1-4-18-15(20)13-7-6-12(17)10-14(13)19-9-5-8-16(2,11-19)21-3/h6-7,10H,4-5,8-9,11,17H2,1-3H3,(H,18,20). The quantitative estimate of drug-likeness (QED) is 0.833. The Morgan fingerprint density at radius 3 is 2.95 bits per heavy atom. The van der Waals surface area contributed by atoms with E-state index in [4.69, 9.17) is 10.5 Å². The lowest BCUT2D eigenvalue weighted by molar-refractivity contribution is -0.00469. The summed E-state index contributed by atoms with van der Waals surface area (Å²) >= 11 is 0. The summed E-state index contributed by atoms with van der Waals surface area (Å²) in [5, 5.41) is 2.86. The summed E-state index contributed by atoms with van der Waals surface area (Å²) in [6, 6.07) is 5.45. The van der Waals surface area contributed by atoms with Gasteiger partial charge < -0.3 is 20.7 Å². The third kappa shape index (κ3) is 3.47. The molecule has 0 aromatic heterocycles. The van der Waals surface area contributed by atoms with Gasteiger partial charge in [0, 0.05) is 32.4 Å². The predicted molar refractivity (Wildman–Crippen MR) is 85.7 cm³/mol. The molecular formula is C16H25N3O2. The number of hydrogen-bond acceptors (Lipinski definition) is 4. The van der Waals surface area contributed by atoms with Gasteiger partial charge in [-0.15, -0.1) is 0 Å². The number of anilines is 2. The molecule has 0 bridgehead atoms. The number of benzene rings is 1. The number of methoxy groups -OCH3 is 1. The van der Waals surface area contributed by atoms with Crippen molar-refractivity contribution in [2.75, 3.05) is 37.4 Å². The van der Waals surface area contributed by atoms with E-state index in [1.165, 1.54) is 0 Å². The van der Waals surface area contributed by atoms with E-state index >= 15 is 0 Å². The van der Waals surface area contributed by atoms with E-state index in [2.05, 4.69) is 17.1 Å². The van der Waals surface area contributed by atoms with Crippen LogP contribution in [0.3, 0.4) is 0 Å². The lowest BCUT2D eigenvalue weighted by Gasteiger charge is -2.41. The van der Waals surface area contributed by atoms with Crippen LogP contribution in [0, 0.1) is 0 Å². The average molecular weight is 291 g/mol. The summed E-state index contributed by atoms with van der Waals surface area (Å²) < 4.78 is 5.63. The van der Waals surface area contributed by atoms with Crippen molar-refractivity contribution in [3.8, 4) is 0 Å². The first-order chi connectivity index (χ1) is 9.99. The van der Waals surface area contributed by atoms with Gasteiger partial charge in [0.15, 0.2) is 0 Å². The number of ether oxygens (including phenoxy) is 1. The number of hydrogen-bond donors (Lipinski definition) is 2. The molecule has 0 aliphatic carbocycles. The minimum absolute atomic E-state index is 0.0582. The van der Waals surface area contributed by atoms with Gasteiger partial charge in [0.2, 0.25) is 0 Å². The van der Waals surface area contributed by atoms with Crippen LogP contribution in [-0.4, -0.2) is 38.3 Å². The molecule has 3 N–H and O–H groups in total. The van der Waals surface area contributed by atoms with Crippen LogP contribution in [0.4, 0.5) is 11.4 Å². The lowest BCUT2D eigenvalue weighted by Crippen LogP contribution is -2.48. The van der Waals surface area contributed by atoms with E-state index in [1.54, 1.807) is 19.2 Å². The number of nitrogen functional groups attached to an aromatic ring is 1. The summed E-state index contributed by atoms with van der Waals surface area (Å²) in [6.45, 7) is 6.31. The molecule has 0 radical (unpaired) electrons. The Bertz CT molecular complexity index is 518. The molecule has 1 fully saturated rings. The van der Waals surface area contributed by atoms with Crippen LogP contribution in [-0.2, 0) is 4.74 Å². The van der Waals surface area contributed by atoms with Crippen molar-refractivity contribution < 1.29 is 9.53 Å². The van der Waals surface area contributed by atoms with Gasteiger partial charge in [-0.3, -0.25) is 4.79 Å². The number of piperidine rings is 1. The molecule has 116 valence electrons. The summed E-state index contributed by atoms with van der Waals surface area (Å²) in [6.07, 6.45) is 2.06. The van der Waals surface area contributed by atoms with E-state index in [1.807, 2.05) is 13.0 Å². The molecule has 1 atom stereocenters. The number of nitrogens with one attached hydrogen (secondary N) is 1. The fourth-order valence-electron chi connectivity index (χ4n) is 2.84. The van der Waals surface area contributed by atoms with E-state index < -0.39 is 0 Å². The molecule has 1 aliphatic rings. The zero-order chi connectivity index (χ0) is 15.5. The van der Waals surface area contributed by atoms with E-state index in [9.17, 15) is 4.79 Å². The molecule has 1 amide bonds. The Hall–Kier alpha value is -1.75. The molecule has 1 unspecified atom stereocenters. The van der Waals surface area contributed by atoms with Gasteiger partial charge in [0.1, 0.15) is 0 Å². The number of nitrogens with two attached hydrogens (primary N) is 1. The van der Waals surface area contributed by atoms with Crippen molar-refractivity contribution in [3.05, 3.63) is 23.8 Å². The van der Waals surface area contributed by atoms with Crippen LogP contribution in [0.25, 0.3) is 0 Å². The number of rotatable bonds is 4. The monoisotopic (exact) mass is 291 g/mol. The maximum Gasteiger partial charge on any atom is 0.253 e. The third-order valence-electron chi connectivity index (χ3n) is 4.10. The van der Waals surface area contributed by atoms with Crippen LogP contribution in [0.2, 0.25) is 0 Å². The normalized spacial score (nSPS) is 22.1. The molecule has 5 nitrogen and oxygen atoms in total. The zero-order valence-electron chi connectivity index (χ0n) is 13.1. The Kier molecular flexibility index (Phi) is 4.73. The van der Waals surface area contributed by atoms with Crippen LogP contribution in [0.5, 0.6) is 0 Å². The second-order valence-corrected chi connectivity index (χ2v) is 5.82. The van der Waals surface area contributed by atoms with Gasteiger partial charge in [-0.2, -0.15) is 0 Å². The second-order valence-electron chi connectivity index (χ2n) is 5.82. The van der Waals surface area contributed by atoms with Crippen LogP contribution in [0.1, 0.15) is 37.0 Å². The fourth-order valence-corrected chi connectivity index (χ4v) is 2.84. The van der Waals surface area contributed by atoms with Crippen LogP contribution in [0.15, 0.2) is 18.2 Å². The Morgan fingerprint density at radius 1 is 1.52 bits per heavy atom. The van der Waals surface area contributed by atoms with Crippen LogP contribution < -0.4 is 16.0 Å². The molecular weight excluding hydrogens is 266 g/mol. The maximum atomic E-state index is 12.2. The summed E-state index contributed by atoms with van der Waals surface area (Å²) in [5.41, 5.74) is 7.97. The molecule has 0 spiro atoms. The number of amides is 1. The number of carbonyl (C=O) groups excluding carboxylic acids is 1. The van der Waals surface area contributed by atoms with E-state index in [0.29, 0.717) is 17.8 Å². The molecule has 0 saturated carbocycles. The maximum absolute atomic E-state index is 12.2. The Labute approximate surface area is 126 Å². The van der Waals surface area contributed by atoms with Crippen molar-refractivity contribution >= 4 is 17.3 Å². The second kappa shape index (κ2) is 6.35. The SMILES string of the molecule is CCNC(=O)c1ccc(N)cc1N1CCCC(C)(OC)C1. The third-order valence-corrected chi connectivity index (χ3v) is 4.10. The molecule has 21 heavy (non-hydrogen) atoms. The first-order valence-corrected chi connectivity index (χ1v) is 7.47. The highest BCUT2D eigenvalue weighted by atomic mass is 16.5. The Balaban J connectivity index is 2.33. The summed E-state index contributed by atoms with van der Waals surface area (Å²) in [4.78, 5) is 14.4. The first-order valence-electron chi connectivity index (χ1n) is 7.47. The largest absolute Gasteiger partial charge is 0.399 e.